The SMILES string of the molecule is CNP(=O)(NCCF)N1CCN(c2ccc(Nc3nnc(C(N)=O)c(N(C)C4CCNC4)n3)cc2)CC1. The van der Waals surface area contributed by atoms with E-state index in [1.807, 2.05) is 40.9 Å². The van der Waals surface area contributed by atoms with Crippen LogP contribution >= 0.6 is 7.59 Å². The van der Waals surface area contributed by atoms with Gasteiger partial charge >= 0.3 is 0 Å². The number of hydrogen-bond donors (Lipinski definition) is 5. The van der Waals surface area contributed by atoms with Gasteiger partial charge in [0.1, 0.15) is 6.67 Å². The normalized spacial score (nSPS) is 20.0. The van der Waals surface area contributed by atoms with Crippen molar-refractivity contribution in [1.82, 2.24) is 35.3 Å². The Balaban J connectivity index is 1.40. The van der Waals surface area contributed by atoms with Crippen molar-refractivity contribution in [3.05, 3.63) is 30.0 Å². The first-order chi connectivity index (χ1) is 17.8. The molecule has 2 fully saturated rings. The average Bonchev–Trinajstić information content (AvgIpc) is 3.47. The molecule has 2 aliphatic rings. The van der Waals surface area contributed by atoms with Crippen LogP contribution in [0, 0.1) is 0 Å². The summed E-state index contributed by atoms with van der Waals surface area (Å²) in [5.41, 5.74) is 7.34. The number of piperazine rings is 1. The van der Waals surface area contributed by atoms with Gasteiger partial charge in [0.25, 0.3) is 13.5 Å². The number of anilines is 4. The lowest BCUT2D eigenvalue weighted by molar-refractivity contribution is 0.0994. The highest BCUT2D eigenvalue weighted by atomic mass is 31.2. The molecule has 0 aliphatic carbocycles. The van der Waals surface area contributed by atoms with Gasteiger partial charge in [0.15, 0.2) is 11.5 Å². The maximum Gasteiger partial charge on any atom is 0.281 e. The summed E-state index contributed by atoms with van der Waals surface area (Å²) < 4.78 is 27.4. The number of carbonyl (C=O) groups excluding carboxylic acids is 1. The first-order valence-electron chi connectivity index (χ1n) is 12.3. The number of alkyl halides is 1. The van der Waals surface area contributed by atoms with Gasteiger partial charge in [-0.3, -0.25) is 9.36 Å². The zero-order chi connectivity index (χ0) is 26.4. The summed E-state index contributed by atoms with van der Waals surface area (Å²) in [6.45, 7) is 3.69. The van der Waals surface area contributed by atoms with Crippen LogP contribution in [-0.2, 0) is 4.57 Å². The standard InChI is InChI=1S/C22H35FN11O2P/c1-25-37(36,27-10-8-23)34-13-11-33(12-14-34)17-5-3-16(4-6-17)28-22-29-21(19(20(24)35)30-31-22)32(2)18-7-9-26-15-18/h3-6,18,26H,7-15H2,1-2H3,(H2,24,35)(H2,25,27,36)(H,28,29,31). The van der Waals surface area contributed by atoms with Crippen LogP contribution in [0.1, 0.15) is 16.9 Å². The van der Waals surface area contributed by atoms with Crippen molar-refractivity contribution in [3.8, 4) is 0 Å². The highest BCUT2D eigenvalue weighted by Gasteiger charge is 2.31. The van der Waals surface area contributed by atoms with Gasteiger partial charge in [-0.1, -0.05) is 0 Å². The Morgan fingerprint density at radius 1 is 1.24 bits per heavy atom. The van der Waals surface area contributed by atoms with Crippen LogP contribution in [0.5, 0.6) is 0 Å². The minimum atomic E-state index is -2.98. The molecule has 202 valence electrons. The molecule has 0 radical (unpaired) electrons. The van der Waals surface area contributed by atoms with Crippen LogP contribution in [0.3, 0.4) is 0 Å². The number of benzene rings is 1. The molecule has 2 aliphatic heterocycles. The van der Waals surface area contributed by atoms with Crippen LogP contribution in [-0.4, -0.2) is 98.4 Å². The number of amides is 1. The molecule has 1 aromatic heterocycles. The van der Waals surface area contributed by atoms with Gasteiger partial charge in [-0.25, -0.2) is 19.2 Å². The first-order valence-corrected chi connectivity index (χ1v) is 14.0. The number of carbonyl (C=O) groups is 1. The molecule has 2 atom stereocenters. The van der Waals surface area contributed by atoms with Crippen LogP contribution in [0.25, 0.3) is 0 Å². The van der Waals surface area contributed by atoms with Crippen LogP contribution in [0.4, 0.5) is 27.5 Å². The third kappa shape index (κ3) is 6.33. The lowest BCUT2D eigenvalue weighted by Crippen LogP contribution is -2.48. The largest absolute Gasteiger partial charge is 0.369 e. The number of primary amides is 1. The summed E-state index contributed by atoms with van der Waals surface area (Å²) in [4.78, 5) is 20.6. The molecular formula is C22H35FN11O2P. The topological polar surface area (TPSA) is 157 Å². The van der Waals surface area contributed by atoms with E-state index in [1.165, 1.54) is 0 Å². The number of likely N-dealkylation sites (N-methyl/N-ethyl adjacent to an activating group) is 1. The maximum absolute atomic E-state index is 13.0. The summed E-state index contributed by atoms with van der Waals surface area (Å²) in [6.07, 6.45) is 0.928. The van der Waals surface area contributed by atoms with Gasteiger partial charge in [-0.2, -0.15) is 4.98 Å². The third-order valence-electron chi connectivity index (χ3n) is 6.68. The second kappa shape index (κ2) is 12.1. The van der Waals surface area contributed by atoms with Crippen molar-refractivity contribution in [3.63, 3.8) is 0 Å². The second-order valence-electron chi connectivity index (χ2n) is 8.94. The number of aromatic nitrogens is 3. The molecule has 37 heavy (non-hydrogen) atoms. The van der Waals surface area contributed by atoms with Gasteiger partial charge in [-0.15, -0.1) is 10.2 Å². The fraction of sp³-hybridized carbons (Fsp3) is 0.545. The molecule has 2 unspecified atom stereocenters. The third-order valence-corrected chi connectivity index (χ3v) is 9.14. The van der Waals surface area contributed by atoms with Crippen LogP contribution < -0.4 is 36.3 Å². The van der Waals surface area contributed by atoms with Gasteiger partial charge in [-0.05, 0) is 44.3 Å². The van der Waals surface area contributed by atoms with E-state index in [0.29, 0.717) is 32.0 Å². The van der Waals surface area contributed by atoms with Crippen molar-refractivity contribution < 1.29 is 13.8 Å². The first kappa shape index (κ1) is 27.1. The summed E-state index contributed by atoms with van der Waals surface area (Å²) in [5, 5.41) is 20.2. The summed E-state index contributed by atoms with van der Waals surface area (Å²) >= 11 is 0. The van der Waals surface area contributed by atoms with E-state index in [-0.39, 0.29) is 24.2 Å². The summed E-state index contributed by atoms with van der Waals surface area (Å²) in [6, 6.07) is 7.99. The molecule has 0 bridgehead atoms. The minimum Gasteiger partial charge on any atom is -0.369 e. The average molecular weight is 536 g/mol. The van der Waals surface area contributed by atoms with Crippen molar-refractivity contribution in [1.29, 1.82) is 0 Å². The Morgan fingerprint density at radius 2 is 1.97 bits per heavy atom. The van der Waals surface area contributed by atoms with Crippen molar-refractivity contribution in [2.45, 2.75) is 12.5 Å². The number of halogens is 1. The molecule has 13 nitrogen and oxygen atoms in total. The predicted molar refractivity (Wildman–Crippen MR) is 142 cm³/mol. The number of nitrogens with two attached hydrogens (primary N) is 1. The van der Waals surface area contributed by atoms with E-state index in [0.717, 1.165) is 30.9 Å². The lowest BCUT2D eigenvalue weighted by Gasteiger charge is -2.39. The number of nitrogens with one attached hydrogen (secondary N) is 4. The molecule has 0 spiro atoms. The quantitative estimate of drug-likeness (QED) is 0.255. The molecule has 3 heterocycles. The van der Waals surface area contributed by atoms with E-state index >= 15 is 0 Å². The molecule has 6 N–H and O–H groups in total. The molecule has 2 aromatic rings. The lowest BCUT2D eigenvalue weighted by atomic mass is 10.2. The van der Waals surface area contributed by atoms with E-state index in [1.54, 1.807) is 7.05 Å². The number of hydrogen-bond acceptors (Lipinski definition) is 9. The number of rotatable bonds is 11. The zero-order valence-corrected chi connectivity index (χ0v) is 22.0. The Labute approximate surface area is 215 Å². The number of nitrogens with zero attached hydrogens (tertiary/aromatic N) is 6. The van der Waals surface area contributed by atoms with Gasteiger partial charge < -0.3 is 26.2 Å². The molecule has 1 amide bonds. The maximum atomic E-state index is 13.0. The Bertz CT molecular complexity index is 1110. The van der Waals surface area contributed by atoms with Gasteiger partial charge in [0.05, 0.1) is 0 Å². The Kier molecular flexibility index (Phi) is 8.87. The predicted octanol–water partition coefficient (Wildman–Crippen LogP) is 0.521. The fourth-order valence-electron chi connectivity index (χ4n) is 4.55. The van der Waals surface area contributed by atoms with Gasteiger partial charge in [0.2, 0.25) is 5.95 Å². The smallest absolute Gasteiger partial charge is 0.281 e. The van der Waals surface area contributed by atoms with Crippen molar-refractivity contribution >= 4 is 36.6 Å². The highest BCUT2D eigenvalue weighted by molar-refractivity contribution is 7.57. The van der Waals surface area contributed by atoms with Crippen LogP contribution in [0.2, 0.25) is 0 Å². The fourth-order valence-corrected chi connectivity index (χ4v) is 6.32. The van der Waals surface area contributed by atoms with E-state index < -0.39 is 20.2 Å². The highest BCUT2D eigenvalue weighted by Crippen LogP contribution is 2.40. The molecule has 15 heteroatoms. The Morgan fingerprint density at radius 3 is 2.57 bits per heavy atom. The van der Waals surface area contributed by atoms with E-state index in [2.05, 4.69) is 40.9 Å². The van der Waals surface area contributed by atoms with E-state index in [4.69, 9.17) is 5.73 Å². The van der Waals surface area contributed by atoms with Crippen molar-refractivity contribution in [2.24, 2.45) is 5.73 Å². The zero-order valence-electron chi connectivity index (χ0n) is 21.2. The molecule has 0 saturated carbocycles. The molecule has 1 aromatic carbocycles. The Hall–Kier alpha value is -2.90. The molecule has 4 rings (SSSR count). The van der Waals surface area contributed by atoms with Gasteiger partial charge in [0, 0.05) is 63.7 Å². The van der Waals surface area contributed by atoms with E-state index in [9.17, 15) is 13.8 Å². The van der Waals surface area contributed by atoms with Crippen LogP contribution in [0.15, 0.2) is 24.3 Å². The summed E-state index contributed by atoms with van der Waals surface area (Å²) in [7, 11) is 0.512. The molecular weight excluding hydrogens is 500 g/mol. The second-order valence-corrected chi connectivity index (χ2v) is 11.4. The minimum absolute atomic E-state index is 0.0390. The molecule has 2 saturated heterocycles. The monoisotopic (exact) mass is 535 g/mol. The summed E-state index contributed by atoms with van der Waals surface area (Å²) in [5.74, 6) is -0.0103. The van der Waals surface area contributed by atoms with Crippen molar-refractivity contribution in [2.75, 3.05) is 81.7 Å².